The number of hydrogen-bond acceptors (Lipinski definition) is 5. The predicted molar refractivity (Wildman–Crippen MR) is 64.1 cm³/mol. The van der Waals surface area contributed by atoms with Gasteiger partial charge < -0.3 is 15.3 Å². The van der Waals surface area contributed by atoms with Crippen molar-refractivity contribution in [1.29, 1.82) is 0 Å². The Morgan fingerprint density at radius 3 is 2.58 bits per heavy atom. The zero-order valence-corrected chi connectivity index (χ0v) is 10.4. The van der Waals surface area contributed by atoms with Crippen molar-refractivity contribution in [3.63, 3.8) is 0 Å². The van der Waals surface area contributed by atoms with Gasteiger partial charge in [0.15, 0.2) is 5.82 Å². The second-order valence-electron chi connectivity index (χ2n) is 4.41. The van der Waals surface area contributed by atoms with Crippen molar-refractivity contribution >= 4 is 0 Å². The molecule has 0 aliphatic carbocycles. The molecule has 102 valence electrons. The van der Waals surface area contributed by atoms with Crippen LogP contribution in [0.3, 0.4) is 0 Å². The molecule has 2 aromatic rings. The smallest absolute Gasteiger partial charge is 0.306 e. The van der Waals surface area contributed by atoms with Crippen LogP contribution >= 0.6 is 0 Å². The summed E-state index contributed by atoms with van der Waals surface area (Å²) < 4.78 is 15.2. The van der Waals surface area contributed by atoms with Crippen molar-refractivity contribution in [3.05, 3.63) is 35.9 Å². The molecule has 0 saturated heterocycles. The Labute approximate surface area is 108 Å². The van der Waals surface area contributed by atoms with E-state index in [1.54, 1.807) is 13.8 Å². The fourth-order valence-electron chi connectivity index (χ4n) is 1.82. The molecule has 0 amide bonds. The molecule has 6 nitrogen and oxygen atoms in total. The summed E-state index contributed by atoms with van der Waals surface area (Å²) in [5.41, 5.74) is -0.387. The first-order valence-electron chi connectivity index (χ1n) is 5.68. The highest BCUT2D eigenvalue weighted by Gasteiger charge is 2.30. The van der Waals surface area contributed by atoms with Crippen LogP contribution in [0.5, 0.6) is 0 Å². The molecular formula is C12H14FN3O3. The number of aromatic nitrogens is 3. The highest BCUT2D eigenvalue weighted by atomic mass is 19.1. The molecule has 0 aliphatic heterocycles. The average molecular weight is 267 g/mol. The molecular weight excluding hydrogens is 253 g/mol. The Balaban J connectivity index is 2.70. The fraction of sp³-hybridized carbons (Fsp3) is 0.333. The number of rotatable bonds is 3. The van der Waals surface area contributed by atoms with E-state index in [9.17, 15) is 19.7 Å². The van der Waals surface area contributed by atoms with Gasteiger partial charge in [0.2, 0.25) is 0 Å². The second-order valence-corrected chi connectivity index (χ2v) is 4.41. The van der Waals surface area contributed by atoms with E-state index in [2.05, 4.69) is 10.1 Å². The summed E-state index contributed by atoms with van der Waals surface area (Å²) >= 11 is 0. The lowest BCUT2D eigenvalue weighted by molar-refractivity contribution is -0.323. The van der Waals surface area contributed by atoms with Crippen molar-refractivity contribution in [3.8, 4) is 11.4 Å². The molecule has 2 heterocycles. The maximum absolute atomic E-state index is 13.9. The number of pyridine rings is 1. The van der Waals surface area contributed by atoms with Gasteiger partial charge in [0.1, 0.15) is 11.4 Å². The summed E-state index contributed by atoms with van der Waals surface area (Å²) in [6, 6.07) is 2.50. The van der Waals surface area contributed by atoms with Crippen LogP contribution in [0.1, 0.15) is 25.5 Å². The Morgan fingerprint density at radius 1 is 1.32 bits per heavy atom. The minimum absolute atomic E-state index is 0.00729. The van der Waals surface area contributed by atoms with Crippen LogP contribution in [0.15, 0.2) is 24.5 Å². The van der Waals surface area contributed by atoms with E-state index in [0.717, 1.165) is 6.20 Å². The molecule has 0 radical (unpaired) electrons. The molecule has 2 aromatic heterocycles. The Bertz CT molecular complexity index is 590. The standard InChI is InChI=1S/C12H14FN3O3/c1-7(2)16-11(9(13)6-15-16)10-8(12(17,18)19)4-3-5-14-10/h3-7,17-19H,1-2H3. The van der Waals surface area contributed by atoms with Crippen molar-refractivity contribution in [2.75, 3.05) is 0 Å². The minimum Gasteiger partial charge on any atom is -0.340 e. The normalized spacial score (nSPS) is 12.2. The van der Waals surface area contributed by atoms with E-state index in [4.69, 9.17) is 0 Å². The lowest BCUT2D eigenvalue weighted by Gasteiger charge is -2.19. The van der Waals surface area contributed by atoms with Gasteiger partial charge in [0, 0.05) is 12.2 Å². The van der Waals surface area contributed by atoms with E-state index in [0.29, 0.717) is 0 Å². The molecule has 0 bridgehead atoms. The minimum atomic E-state index is -3.10. The lowest BCUT2D eigenvalue weighted by atomic mass is 10.1. The molecule has 0 atom stereocenters. The Hall–Kier alpha value is -1.83. The average Bonchev–Trinajstić information content (AvgIpc) is 2.70. The quantitative estimate of drug-likeness (QED) is 0.714. The zero-order valence-electron chi connectivity index (χ0n) is 10.4. The molecule has 3 N–H and O–H groups in total. The van der Waals surface area contributed by atoms with E-state index in [-0.39, 0.29) is 23.0 Å². The SMILES string of the molecule is CC(C)n1ncc(F)c1-c1ncccc1C(O)(O)O. The molecule has 0 unspecified atom stereocenters. The molecule has 19 heavy (non-hydrogen) atoms. The van der Waals surface area contributed by atoms with Crippen LogP contribution in [0.25, 0.3) is 11.4 Å². The molecule has 0 saturated carbocycles. The summed E-state index contributed by atoms with van der Waals surface area (Å²) in [5.74, 6) is -3.75. The monoisotopic (exact) mass is 267 g/mol. The summed E-state index contributed by atoms with van der Waals surface area (Å²) in [7, 11) is 0. The highest BCUT2D eigenvalue weighted by molar-refractivity contribution is 5.60. The van der Waals surface area contributed by atoms with Crippen LogP contribution in [0.4, 0.5) is 4.39 Å². The van der Waals surface area contributed by atoms with E-state index >= 15 is 0 Å². The van der Waals surface area contributed by atoms with Gasteiger partial charge in [-0.25, -0.2) is 4.39 Å². The van der Waals surface area contributed by atoms with E-state index in [1.807, 2.05) is 0 Å². The number of hydrogen-bond donors (Lipinski definition) is 3. The van der Waals surface area contributed by atoms with Crippen LogP contribution in [-0.2, 0) is 5.97 Å². The van der Waals surface area contributed by atoms with Crippen LogP contribution in [0, 0.1) is 5.82 Å². The van der Waals surface area contributed by atoms with Gasteiger partial charge in [-0.2, -0.15) is 5.10 Å². The van der Waals surface area contributed by atoms with E-state index < -0.39 is 11.8 Å². The van der Waals surface area contributed by atoms with Gasteiger partial charge in [-0.1, -0.05) is 0 Å². The fourth-order valence-corrected chi connectivity index (χ4v) is 1.82. The van der Waals surface area contributed by atoms with E-state index in [1.165, 1.54) is 23.0 Å². The van der Waals surface area contributed by atoms with Crippen molar-refractivity contribution in [1.82, 2.24) is 14.8 Å². The third-order valence-electron chi connectivity index (χ3n) is 2.63. The molecule has 0 fully saturated rings. The third kappa shape index (κ3) is 2.48. The molecule has 0 aliphatic rings. The van der Waals surface area contributed by atoms with Gasteiger partial charge in [-0.05, 0) is 26.0 Å². The molecule has 7 heteroatoms. The van der Waals surface area contributed by atoms with Gasteiger partial charge in [-0.15, -0.1) is 0 Å². The maximum atomic E-state index is 13.9. The van der Waals surface area contributed by atoms with Crippen LogP contribution in [-0.4, -0.2) is 30.1 Å². The lowest BCUT2D eigenvalue weighted by Crippen LogP contribution is -2.25. The van der Waals surface area contributed by atoms with Crippen molar-refractivity contribution < 1.29 is 19.7 Å². The molecule has 0 spiro atoms. The van der Waals surface area contributed by atoms with Gasteiger partial charge in [0.25, 0.3) is 0 Å². The predicted octanol–water partition coefficient (Wildman–Crippen LogP) is 0.752. The Morgan fingerprint density at radius 2 is 2.00 bits per heavy atom. The number of aliphatic hydroxyl groups is 3. The first kappa shape index (κ1) is 13.6. The first-order valence-corrected chi connectivity index (χ1v) is 5.68. The maximum Gasteiger partial charge on any atom is 0.306 e. The number of nitrogens with zero attached hydrogens (tertiary/aromatic N) is 3. The number of halogens is 1. The Kier molecular flexibility index (Phi) is 3.36. The van der Waals surface area contributed by atoms with Crippen molar-refractivity contribution in [2.45, 2.75) is 25.9 Å². The molecule has 2 rings (SSSR count). The van der Waals surface area contributed by atoms with Crippen LogP contribution in [0.2, 0.25) is 0 Å². The van der Waals surface area contributed by atoms with Gasteiger partial charge in [-0.3, -0.25) is 9.67 Å². The molecule has 0 aromatic carbocycles. The largest absolute Gasteiger partial charge is 0.340 e. The summed E-state index contributed by atoms with van der Waals surface area (Å²) in [6.45, 7) is 3.59. The highest BCUT2D eigenvalue weighted by Crippen LogP contribution is 2.30. The van der Waals surface area contributed by atoms with Crippen molar-refractivity contribution in [2.24, 2.45) is 0 Å². The topological polar surface area (TPSA) is 91.4 Å². The summed E-state index contributed by atoms with van der Waals surface area (Å²) in [4.78, 5) is 3.91. The van der Waals surface area contributed by atoms with Gasteiger partial charge in [0.05, 0.1) is 11.8 Å². The van der Waals surface area contributed by atoms with Gasteiger partial charge >= 0.3 is 5.97 Å². The summed E-state index contributed by atoms with van der Waals surface area (Å²) in [5, 5.41) is 31.8. The third-order valence-corrected chi connectivity index (χ3v) is 2.63. The zero-order chi connectivity index (χ0) is 14.2. The first-order chi connectivity index (χ1) is 8.82. The second kappa shape index (κ2) is 4.69. The summed E-state index contributed by atoms with van der Waals surface area (Å²) in [6.07, 6.45) is 2.38. The van der Waals surface area contributed by atoms with Crippen LogP contribution < -0.4 is 0 Å².